The number of hydrogen-bond acceptors (Lipinski definition) is 5. The standard InChI is InChI=1S/C15H22N2O4/c18-13-4-2-12(3-5-13)14(15(19)20)16-6-1-7-17-8-10-21-11-9-17/h2-5,14,16,18H,1,6-11H2,(H,19,20). The van der Waals surface area contributed by atoms with Crippen molar-refractivity contribution in [3.05, 3.63) is 29.8 Å². The van der Waals surface area contributed by atoms with Crippen LogP contribution in [0.1, 0.15) is 18.0 Å². The number of carboxylic acid groups (broad SMARTS) is 1. The molecular formula is C15H22N2O4. The molecule has 1 unspecified atom stereocenters. The van der Waals surface area contributed by atoms with Crippen molar-refractivity contribution in [2.75, 3.05) is 39.4 Å². The number of phenols is 1. The smallest absolute Gasteiger partial charge is 0.325 e. The first-order valence-corrected chi connectivity index (χ1v) is 7.22. The summed E-state index contributed by atoms with van der Waals surface area (Å²) < 4.78 is 5.29. The van der Waals surface area contributed by atoms with Crippen LogP contribution in [-0.4, -0.2) is 60.5 Å². The van der Waals surface area contributed by atoms with E-state index in [2.05, 4.69) is 10.2 Å². The summed E-state index contributed by atoms with van der Waals surface area (Å²) >= 11 is 0. The number of carboxylic acids is 1. The molecule has 21 heavy (non-hydrogen) atoms. The Morgan fingerprint density at radius 1 is 1.29 bits per heavy atom. The highest BCUT2D eigenvalue weighted by Gasteiger charge is 2.19. The van der Waals surface area contributed by atoms with Crippen LogP contribution < -0.4 is 5.32 Å². The summed E-state index contributed by atoms with van der Waals surface area (Å²) in [5.41, 5.74) is 0.645. The molecule has 1 heterocycles. The fourth-order valence-corrected chi connectivity index (χ4v) is 2.39. The number of aromatic hydroxyl groups is 1. The Labute approximate surface area is 124 Å². The van der Waals surface area contributed by atoms with Crippen LogP contribution in [0.25, 0.3) is 0 Å². The zero-order chi connectivity index (χ0) is 15.1. The SMILES string of the molecule is O=C(O)C(NCCCN1CCOCC1)c1ccc(O)cc1. The molecule has 0 amide bonds. The van der Waals surface area contributed by atoms with E-state index in [1.807, 2.05) is 0 Å². The molecule has 0 bridgehead atoms. The van der Waals surface area contributed by atoms with Crippen LogP contribution in [-0.2, 0) is 9.53 Å². The second-order valence-corrected chi connectivity index (χ2v) is 5.12. The van der Waals surface area contributed by atoms with Crippen LogP contribution >= 0.6 is 0 Å². The van der Waals surface area contributed by atoms with Crippen molar-refractivity contribution in [3.63, 3.8) is 0 Å². The fourth-order valence-electron chi connectivity index (χ4n) is 2.39. The molecule has 0 spiro atoms. The van der Waals surface area contributed by atoms with E-state index in [1.54, 1.807) is 12.1 Å². The lowest BCUT2D eigenvalue weighted by Gasteiger charge is -2.26. The Hall–Kier alpha value is -1.63. The van der Waals surface area contributed by atoms with Gasteiger partial charge in [-0.25, -0.2) is 0 Å². The van der Waals surface area contributed by atoms with Crippen molar-refractivity contribution in [1.82, 2.24) is 10.2 Å². The zero-order valence-electron chi connectivity index (χ0n) is 12.0. The average Bonchev–Trinajstić information content (AvgIpc) is 2.49. The molecule has 1 aliphatic heterocycles. The van der Waals surface area contributed by atoms with Gasteiger partial charge in [-0.05, 0) is 37.2 Å². The van der Waals surface area contributed by atoms with Crippen LogP contribution in [0.2, 0.25) is 0 Å². The lowest BCUT2D eigenvalue weighted by molar-refractivity contribution is -0.139. The van der Waals surface area contributed by atoms with Crippen molar-refractivity contribution in [3.8, 4) is 5.75 Å². The van der Waals surface area contributed by atoms with Crippen molar-refractivity contribution in [2.24, 2.45) is 0 Å². The maximum atomic E-state index is 11.3. The molecule has 1 fully saturated rings. The Morgan fingerprint density at radius 2 is 1.95 bits per heavy atom. The molecular weight excluding hydrogens is 272 g/mol. The predicted molar refractivity (Wildman–Crippen MR) is 78.4 cm³/mol. The van der Waals surface area contributed by atoms with Gasteiger partial charge in [0.15, 0.2) is 0 Å². The summed E-state index contributed by atoms with van der Waals surface area (Å²) in [6.45, 7) is 5.02. The zero-order valence-corrected chi connectivity index (χ0v) is 12.0. The molecule has 1 saturated heterocycles. The van der Waals surface area contributed by atoms with Gasteiger partial charge in [-0.3, -0.25) is 9.69 Å². The van der Waals surface area contributed by atoms with Gasteiger partial charge >= 0.3 is 5.97 Å². The Bertz CT molecular complexity index is 443. The quantitative estimate of drug-likeness (QED) is 0.646. The van der Waals surface area contributed by atoms with Gasteiger partial charge in [-0.15, -0.1) is 0 Å². The van der Waals surface area contributed by atoms with E-state index in [-0.39, 0.29) is 5.75 Å². The molecule has 1 aromatic rings. The van der Waals surface area contributed by atoms with E-state index >= 15 is 0 Å². The van der Waals surface area contributed by atoms with Gasteiger partial charge in [0.2, 0.25) is 0 Å². The third-order valence-corrected chi connectivity index (χ3v) is 3.58. The first-order chi connectivity index (χ1) is 10.2. The maximum absolute atomic E-state index is 11.3. The van der Waals surface area contributed by atoms with E-state index in [4.69, 9.17) is 4.74 Å². The van der Waals surface area contributed by atoms with Crippen molar-refractivity contribution < 1.29 is 19.7 Å². The maximum Gasteiger partial charge on any atom is 0.325 e. The van der Waals surface area contributed by atoms with Gasteiger partial charge < -0.3 is 20.3 Å². The molecule has 3 N–H and O–H groups in total. The largest absolute Gasteiger partial charge is 0.508 e. The molecule has 2 rings (SSSR count). The molecule has 116 valence electrons. The van der Waals surface area contributed by atoms with Crippen LogP contribution in [0.4, 0.5) is 0 Å². The Morgan fingerprint density at radius 3 is 2.57 bits per heavy atom. The minimum atomic E-state index is -0.910. The van der Waals surface area contributed by atoms with E-state index in [0.29, 0.717) is 12.1 Å². The predicted octanol–water partition coefficient (Wildman–Crippen LogP) is 0.830. The van der Waals surface area contributed by atoms with Crippen LogP contribution in [0.5, 0.6) is 5.75 Å². The van der Waals surface area contributed by atoms with Crippen molar-refractivity contribution in [2.45, 2.75) is 12.5 Å². The van der Waals surface area contributed by atoms with Crippen LogP contribution in [0.3, 0.4) is 0 Å². The lowest BCUT2D eigenvalue weighted by Crippen LogP contribution is -2.38. The second kappa shape index (κ2) is 7.97. The number of morpholine rings is 1. The van der Waals surface area contributed by atoms with Gasteiger partial charge in [0.1, 0.15) is 11.8 Å². The highest BCUT2D eigenvalue weighted by molar-refractivity contribution is 5.75. The number of rotatable bonds is 7. The average molecular weight is 294 g/mol. The second-order valence-electron chi connectivity index (χ2n) is 5.12. The summed E-state index contributed by atoms with van der Waals surface area (Å²) in [4.78, 5) is 13.6. The van der Waals surface area contributed by atoms with Crippen LogP contribution in [0, 0.1) is 0 Å². The fraction of sp³-hybridized carbons (Fsp3) is 0.533. The van der Waals surface area contributed by atoms with E-state index < -0.39 is 12.0 Å². The van der Waals surface area contributed by atoms with Gasteiger partial charge in [0.25, 0.3) is 0 Å². The number of phenolic OH excluding ortho intramolecular Hbond substituents is 1. The summed E-state index contributed by atoms with van der Waals surface area (Å²) in [6, 6.07) is 5.52. The molecule has 6 nitrogen and oxygen atoms in total. The highest BCUT2D eigenvalue weighted by Crippen LogP contribution is 2.17. The van der Waals surface area contributed by atoms with Crippen molar-refractivity contribution >= 4 is 5.97 Å². The number of aliphatic carboxylic acids is 1. The molecule has 1 aliphatic rings. The number of nitrogens with one attached hydrogen (secondary N) is 1. The number of carbonyl (C=O) groups is 1. The van der Waals surface area contributed by atoms with Crippen molar-refractivity contribution in [1.29, 1.82) is 0 Å². The third-order valence-electron chi connectivity index (χ3n) is 3.58. The number of nitrogens with zero attached hydrogens (tertiary/aromatic N) is 1. The summed E-state index contributed by atoms with van der Waals surface area (Å²) in [5.74, 6) is -0.776. The summed E-state index contributed by atoms with van der Waals surface area (Å²) in [5, 5.41) is 21.6. The van der Waals surface area contributed by atoms with E-state index in [0.717, 1.165) is 39.3 Å². The molecule has 1 aromatic carbocycles. The first kappa shape index (κ1) is 15.8. The third kappa shape index (κ3) is 5.00. The number of hydrogen-bond donors (Lipinski definition) is 3. The van der Waals surface area contributed by atoms with E-state index in [9.17, 15) is 15.0 Å². The lowest BCUT2D eigenvalue weighted by atomic mass is 10.1. The minimum absolute atomic E-state index is 0.134. The van der Waals surface area contributed by atoms with Gasteiger partial charge in [0, 0.05) is 13.1 Å². The van der Waals surface area contributed by atoms with Gasteiger partial charge in [0.05, 0.1) is 13.2 Å². The first-order valence-electron chi connectivity index (χ1n) is 7.22. The Balaban J connectivity index is 1.77. The van der Waals surface area contributed by atoms with Gasteiger partial charge in [-0.1, -0.05) is 12.1 Å². The van der Waals surface area contributed by atoms with Gasteiger partial charge in [-0.2, -0.15) is 0 Å². The molecule has 0 aliphatic carbocycles. The Kier molecular flexibility index (Phi) is 5.98. The molecule has 0 saturated carbocycles. The highest BCUT2D eigenvalue weighted by atomic mass is 16.5. The molecule has 6 heteroatoms. The normalized spacial score (nSPS) is 17.5. The topological polar surface area (TPSA) is 82.0 Å². The van der Waals surface area contributed by atoms with Crippen LogP contribution in [0.15, 0.2) is 24.3 Å². The van der Waals surface area contributed by atoms with E-state index in [1.165, 1.54) is 12.1 Å². The number of benzene rings is 1. The molecule has 0 aromatic heterocycles. The monoisotopic (exact) mass is 294 g/mol. The molecule has 1 atom stereocenters. The number of ether oxygens (including phenoxy) is 1. The summed E-state index contributed by atoms with van der Waals surface area (Å²) in [7, 11) is 0. The molecule has 0 radical (unpaired) electrons. The summed E-state index contributed by atoms with van der Waals surface area (Å²) in [6.07, 6.45) is 0.891. The minimum Gasteiger partial charge on any atom is -0.508 e.